The Kier molecular flexibility index (Phi) is 7.40. The molecule has 7 nitrogen and oxygen atoms in total. The Balaban J connectivity index is 1.68. The van der Waals surface area contributed by atoms with Gasteiger partial charge in [0.15, 0.2) is 5.76 Å². The van der Waals surface area contributed by atoms with Crippen LogP contribution in [0.4, 0.5) is 0 Å². The second kappa shape index (κ2) is 9.62. The van der Waals surface area contributed by atoms with Crippen molar-refractivity contribution in [2.75, 3.05) is 19.4 Å². The number of sulfonamides is 1. The second-order valence-corrected chi connectivity index (χ2v) is 10.6. The quantitative estimate of drug-likeness (QED) is 0.724. The molecule has 2 atom stereocenters. The van der Waals surface area contributed by atoms with Crippen molar-refractivity contribution in [1.82, 2.24) is 9.62 Å². The van der Waals surface area contributed by atoms with E-state index in [1.807, 2.05) is 0 Å². The van der Waals surface area contributed by atoms with Crippen molar-refractivity contribution in [3.63, 3.8) is 0 Å². The SMILES string of the molecule is CC(C)C1CCC(OC[C@H]2[C@@H](NS(C)(=O)=O)CCCN2C(=O)c2ccco2)CC1. The van der Waals surface area contributed by atoms with E-state index in [0.717, 1.165) is 44.3 Å². The van der Waals surface area contributed by atoms with Crippen molar-refractivity contribution in [3.05, 3.63) is 24.2 Å². The lowest BCUT2D eigenvalue weighted by Gasteiger charge is -2.41. The maximum Gasteiger partial charge on any atom is 0.289 e. The fraction of sp³-hybridized carbons (Fsp3) is 0.762. The monoisotopic (exact) mass is 426 g/mol. The summed E-state index contributed by atoms with van der Waals surface area (Å²) < 4.78 is 38.0. The number of likely N-dealkylation sites (tertiary alicyclic amines) is 1. The highest BCUT2D eigenvalue weighted by molar-refractivity contribution is 7.88. The molecule has 1 aromatic heterocycles. The van der Waals surface area contributed by atoms with Crippen LogP contribution in [-0.4, -0.2) is 56.8 Å². The number of furan rings is 1. The first-order valence-electron chi connectivity index (χ1n) is 10.7. The molecule has 0 aromatic carbocycles. The number of rotatable bonds is 7. The summed E-state index contributed by atoms with van der Waals surface area (Å²) >= 11 is 0. The van der Waals surface area contributed by atoms with Gasteiger partial charge in [0.25, 0.3) is 5.91 Å². The van der Waals surface area contributed by atoms with Crippen LogP contribution in [0.1, 0.15) is 62.9 Å². The first kappa shape index (κ1) is 22.3. The van der Waals surface area contributed by atoms with Gasteiger partial charge in [0.05, 0.1) is 31.3 Å². The Bertz CT molecular complexity index is 754. The Morgan fingerprint density at radius 3 is 2.59 bits per heavy atom. The van der Waals surface area contributed by atoms with Crippen molar-refractivity contribution >= 4 is 15.9 Å². The molecule has 0 spiro atoms. The molecule has 1 saturated heterocycles. The normalized spacial score (nSPS) is 28.6. The van der Waals surface area contributed by atoms with Crippen LogP contribution >= 0.6 is 0 Å². The smallest absolute Gasteiger partial charge is 0.289 e. The topological polar surface area (TPSA) is 88.9 Å². The molecule has 29 heavy (non-hydrogen) atoms. The first-order valence-corrected chi connectivity index (χ1v) is 12.6. The predicted molar refractivity (Wildman–Crippen MR) is 111 cm³/mol. The molecule has 2 heterocycles. The fourth-order valence-electron chi connectivity index (χ4n) is 4.63. The second-order valence-electron chi connectivity index (χ2n) is 8.80. The summed E-state index contributed by atoms with van der Waals surface area (Å²) in [6, 6.07) is 2.62. The molecule has 1 amide bonds. The summed E-state index contributed by atoms with van der Waals surface area (Å²) in [7, 11) is -3.39. The average Bonchev–Trinajstić information content (AvgIpc) is 3.20. The van der Waals surface area contributed by atoms with Crippen molar-refractivity contribution in [3.8, 4) is 0 Å². The highest BCUT2D eigenvalue weighted by atomic mass is 32.2. The van der Waals surface area contributed by atoms with Crippen LogP contribution in [0.2, 0.25) is 0 Å². The number of ether oxygens (including phenoxy) is 1. The third-order valence-electron chi connectivity index (χ3n) is 6.30. The number of carbonyl (C=O) groups is 1. The molecular weight excluding hydrogens is 392 g/mol. The molecule has 1 saturated carbocycles. The maximum absolute atomic E-state index is 13.0. The zero-order chi connectivity index (χ0) is 21.0. The lowest BCUT2D eigenvalue weighted by Crippen LogP contribution is -2.59. The van der Waals surface area contributed by atoms with Gasteiger partial charge in [0.1, 0.15) is 0 Å². The van der Waals surface area contributed by atoms with E-state index in [0.29, 0.717) is 25.5 Å². The highest BCUT2D eigenvalue weighted by Gasteiger charge is 2.38. The van der Waals surface area contributed by atoms with Gasteiger partial charge in [-0.1, -0.05) is 13.8 Å². The minimum atomic E-state index is -3.39. The molecule has 1 N–H and O–H groups in total. The number of hydrogen-bond acceptors (Lipinski definition) is 5. The summed E-state index contributed by atoms with van der Waals surface area (Å²) in [5.41, 5.74) is 0. The number of nitrogens with zero attached hydrogens (tertiary/aromatic N) is 1. The van der Waals surface area contributed by atoms with E-state index in [4.69, 9.17) is 9.15 Å². The molecule has 2 fully saturated rings. The van der Waals surface area contributed by atoms with E-state index in [2.05, 4.69) is 18.6 Å². The minimum Gasteiger partial charge on any atom is -0.459 e. The maximum atomic E-state index is 13.0. The zero-order valence-corrected chi connectivity index (χ0v) is 18.5. The van der Waals surface area contributed by atoms with Crippen molar-refractivity contribution in [1.29, 1.82) is 0 Å². The third-order valence-corrected chi connectivity index (χ3v) is 7.03. The van der Waals surface area contributed by atoms with Crippen LogP contribution in [-0.2, 0) is 14.8 Å². The molecule has 1 aliphatic carbocycles. The molecule has 0 bridgehead atoms. The van der Waals surface area contributed by atoms with E-state index in [1.54, 1.807) is 17.0 Å². The Hall–Kier alpha value is -1.38. The van der Waals surface area contributed by atoms with Crippen molar-refractivity contribution in [2.45, 2.75) is 70.6 Å². The minimum absolute atomic E-state index is 0.173. The molecule has 2 aliphatic rings. The van der Waals surface area contributed by atoms with Crippen molar-refractivity contribution in [2.24, 2.45) is 11.8 Å². The molecule has 1 aliphatic heterocycles. The van der Waals surface area contributed by atoms with Crippen molar-refractivity contribution < 1.29 is 22.4 Å². The fourth-order valence-corrected chi connectivity index (χ4v) is 5.45. The molecule has 8 heteroatoms. The zero-order valence-electron chi connectivity index (χ0n) is 17.7. The number of nitrogens with one attached hydrogen (secondary N) is 1. The van der Waals surface area contributed by atoms with Gasteiger partial charge in [0.2, 0.25) is 10.0 Å². The molecule has 0 radical (unpaired) electrons. The van der Waals surface area contributed by atoms with E-state index in [1.165, 1.54) is 6.26 Å². The van der Waals surface area contributed by atoms with Gasteiger partial charge in [-0.3, -0.25) is 4.79 Å². The summed E-state index contributed by atoms with van der Waals surface area (Å²) in [6.45, 7) is 5.44. The van der Waals surface area contributed by atoms with Gasteiger partial charge in [-0.15, -0.1) is 0 Å². The largest absolute Gasteiger partial charge is 0.459 e. The van der Waals surface area contributed by atoms with Gasteiger partial charge in [-0.05, 0) is 62.5 Å². The Labute approximate surface area is 174 Å². The molecule has 164 valence electrons. The van der Waals surface area contributed by atoms with Crippen LogP contribution in [0.15, 0.2) is 22.8 Å². The number of amides is 1. The van der Waals surface area contributed by atoms with Gasteiger partial charge in [-0.2, -0.15) is 0 Å². The van der Waals surface area contributed by atoms with Crippen LogP contribution in [0.3, 0.4) is 0 Å². The molecule has 3 rings (SSSR count). The van der Waals surface area contributed by atoms with Gasteiger partial charge < -0.3 is 14.1 Å². The van der Waals surface area contributed by atoms with Crippen LogP contribution in [0.5, 0.6) is 0 Å². The van der Waals surface area contributed by atoms with Gasteiger partial charge >= 0.3 is 0 Å². The van der Waals surface area contributed by atoms with Crippen LogP contribution in [0, 0.1) is 11.8 Å². The van der Waals surface area contributed by atoms with E-state index in [9.17, 15) is 13.2 Å². The standard InChI is InChI=1S/C21H34N2O5S/c1-15(2)16-8-10-17(11-9-16)28-14-19-18(22-29(3,25)26)6-4-12-23(19)21(24)20-7-5-13-27-20/h5,7,13,15-19,22H,4,6,8-12,14H2,1-3H3/t16?,17?,18-,19-/m0/s1. The number of hydrogen-bond donors (Lipinski definition) is 1. The Morgan fingerprint density at radius 1 is 1.28 bits per heavy atom. The summed E-state index contributed by atoms with van der Waals surface area (Å²) in [5.74, 6) is 1.50. The number of carbonyl (C=O) groups excluding carboxylic acids is 1. The van der Waals surface area contributed by atoms with Gasteiger partial charge in [-0.25, -0.2) is 13.1 Å². The summed E-state index contributed by atoms with van der Waals surface area (Å²) in [6.07, 6.45) is 8.58. The molecule has 1 aromatic rings. The van der Waals surface area contributed by atoms with E-state index in [-0.39, 0.29) is 29.9 Å². The average molecular weight is 427 g/mol. The first-order chi connectivity index (χ1) is 13.7. The lowest BCUT2D eigenvalue weighted by molar-refractivity contribution is -0.0288. The van der Waals surface area contributed by atoms with Crippen LogP contribution < -0.4 is 4.72 Å². The van der Waals surface area contributed by atoms with Gasteiger partial charge in [0, 0.05) is 12.6 Å². The highest BCUT2D eigenvalue weighted by Crippen LogP contribution is 2.32. The Morgan fingerprint density at radius 2 is 2.00 bits per heavy atom. The van der Waals surface area contributed by atoms with E-state index < -0.39 is 10.0 Å². The van der Waals surface area contributed by atoms with E-state index >= 15 is 0 Å². The summed E-state index contributed by atoms with van der Waals surface area (Å²) in [5, 5.41) is 0. The lowest BCUT2D eigenvalue weighted by atomic mass is 9.80. The number of piperidine rings is 1. The van der Waals surface area contributed by atoms with Crippen LogP contribution in [0.25, 0.3) is 0 Å². The molecule has 0 unspecified atom stereocenters. The molecular formula is C21H34N2O5S. The predicted octanol–water partition coefficient (Wildman–Crippen LogP) is 3.03. The third kappa shape index (κ3) is 6.06. The summed E-state index contributed by atoms with van der Waals surface area (Å²) in [4.78, 5) is 14.7.